The molecule has 0 N–H and O–H groups in total. The fourth-order valence-corrected chi connectivity index (χ4v) is 4.90. The topological polar surface area (TPSA) is 38.8 Å². The number of carbonyl (C=O) groups excluding carboxylic acids is 1. The van der Waals surface area contributed by atoms with Gasteiger partial charge in [-0.2, -0.15) is 0 Å². The minimum atomic E-state index is -0.607. The van der Waals surface area contributed by atoms with Gasteiger partial charge in [-0.15, -0.1) is 0 Å². The SMILES string of the molecule is COC(=O)/C=C/c1ccc(C2(C)c3ccc(OC)cc3CCN2c2ccc(C(C)C)cc2F)cc1. The van der Waals surface area contributed by atoms with E-state index in [1.165, 1.54) is 18.7 Å². The Labute approximate surface area is 207 Å². The molecule has 0 radical (unpaired) electrons. The molecule has 3 aromatic rings. The molecule has 0 spiro atoms. The Kier molecular flexibility index (Phi) is 6.97. The van der Waals surface area contributed by atoms with Gasteiger partial charge >= 0.3 is 5.97 Å². The van der Waals surface area contributed by atoms with E-state index in [4.69, 9.17) is 4.74 Å². The maximum atomic E-state index is 15.5. The molecule has 1 aliphatic heterocycles. The lowest BCUT2D eigenvalue weighted by molar-refractivity contribution is -0.134. The third kappa shape index (κ3) is 4.68. The molecule has 0 fully saturated rings. The summed E-state index contributed by atoms with van der Waals surface area (Å²) < 4.78 is 25.7. The Hall–Kier alpha value is -3.60. The molecule has 1 unspecified atom stereocenters. The number of fused-ring (bicyclic) bond motifs is 1. The first-order valence-electron chi connectivity index (χ1n) is 11.9. The Bertz CT molecular complexity index is 1250. The summed E-state index contributed by atoms with van der Waals surface area (Å²) in [5, 5.41) is 0. The summed E-state index contributed by atoms with van der Waals surface area (Å²) in [6, 6.07) is 19.7. The zero-order valence-electron chi connectivity index (χ0n) is 21.0. The molecule has 0 saturated carbocycles. The number of hydrogen-bond donors (Lipinski definition) is 0. The normalized spacial score (nSPS) is 17.5. The van der Waals surface area contributed by atoms with E-state index in [2.05, 4.69) is 42.5 Å². The molecule has 0 saturated heterocycles. The van der Waals surface area contributed by atoms with E-state index in [1.54, 1.807) is 19.3 Å². The second-order valence-corrected chi connectivity index (χ2v) is 9.34. The van der Waals surface area contributed by atoms with Crippen molar-refractivity contribution in [2.24, 2.45) is 0 Å². The molecule has 0 amide bonds. The van der Waals surface area contributed by atoms with Crippen LogP contribution in [0.15, 0.2) is 66.7 Å². The summed E-state index contributed by atoms with van der Waals surface area (Å²) in [5.41, 5.74) is 5.19. The Balaban J connectivity index is 1.83. The van der Waals surface area contributed by atoms with Crippen LogP contribution in [-0.2, 0) is 21.5 Å². The number of carbonyl (C=O) groups is 1. The average molecular weight is 474 g/mol. The lowest BCUT2D eigenvalue weighted by Crippen LogP contribution is -2.50. The highest BCUT2D eigenvalue weighted by atomic mass is 19.1. The lowest BCUT2D eigenvalue weighted by atomic mass is 9.76. The highest BCUT2D eigenvalue weighted by Crippen LogP contribution is 2.45. The molecule has 5 heteroatoms. The standard InChI is InChI=1S/C30H32FNO3/c1-20(2)22-9-14-28(27(31)19-22)32-17-16-23-18-25(34-4)12-13-26(23)30(32,3)24-10-6-21(7-11-24)8-15-29(33)35-5/h6-15,18-20H,16-17H2,1-5H3/b15-8+. The Morgan fingerprint density at radius 3 is 2.43 bits per heavy atom. The predicted octanol–water partition coefficient (Wildman–Crippen LogP) is 6.47. The summed E-state index contributed by atoms with van der Waals surface area (Å²) in [6.45, 7) is 6.95. The monoisotopic (exact) mass is 473 g/mol. The van der Waals surface area contributed by atoms with Crippen molar-refractivity contribution in [3.63, 3.8) is 0 Å². The number of rotatable bonds is 6. The maximum absolute atomic E-state index is 15.5. The average Bonchev–Trinajstić information content (AvgIpc) is 2.87. The van der Waals surface area contributed by atoms with E-state index >= 15 is 4.39 Å². The Morgan fingerprint density at radius 1 is 1.06 bits per heavy atom. The van der Waals surface area contributed by atoms with E-state index in [0.29, 0.717) is 12.2 Å². The first-order valence-corrected chi connectivity index (χ1v) is 11.9. The molecule has 0 bridgehead atoms. The fraction of sp³-hybridized carbons (Fsp3) is 0.300. The van der Waals surface area contributed by atoms with Crippen LogP contribution in [0.4, 0.5) is 10.1 Å². The van der Waals surface area contributed by atoms with Crippen molar-refractivity contribution in [1.29, 1.82) is 0 Å². The van der Waals surface area contributed by atoms with Crippen LogP contribution >= 0.6 is 0 Å². The van der Waals surface area contributed by atoms with Gasteiger partial charge in [0.05, 0.1) is 25.4 Å². The molecular weight excluding hydrogens is 441 g/mol. The van der Waals surface area contributed by atoms with E-state index in [-0.39, 0.29) is 11.7 Å². The van der Waals surface area contributed by atoms with Gasteiger partial charge in [0.2, 0.25) is 0 Å². The third-order valence-corrected chi connectivity index (χ3v) is 7.00. The highest BCUT2D eigenvalue weighted by Gasteiger charge is 2.41. The van der Waals surface area contributed by atoms with Crippen molar-refractivity contribution in [2.45, 2.75) is 38.6 Å². The minimum Gasteiger partial charge on any atom is -0.497 e. The lowest BCUT2D eigenvalue weighted by Gasteiger charge is -2.48. The van der Waals surface area contributed by atoms with Crippen LogP contribution in [0, 0.1) is 5.82 Å². The number of hydrogen-bond acceptors (Lipinski definition) is 4. The number of methoxy groups -OCH3 is 2. The molecule has 4 rings (SSSR count). The third-order valence-electron chi connectivity index (χ3n) is 7.00. The van der Waals surface area contributed by atoms with Gasteiger partial charge in [0.15, 0.2) is 0 Å². The van der Waals surface area contributed by atoms with E-state index in [9.17, 15) is 4.79 Å². The van der Waals surface area contributed by atoms with Crippen LogP contribution in [0.1, 0.15) is 54.5 Å². The molecule has 0 aliphatic carbocycles. The summed E-state index contributed by atoms with van der Waals surface area (Å²) in [6.07, 6.45) is 3.91. The highest BCUT2D eigenvalue weighted by molar-refractivity contribution is 5.86. The van der Waals surface area contributed by atoms with Gasteiger partial charge in [-0.1, -0.05) is 50.2 Å². The quantitative estimate of drug-likeness (QED) is 0.304. The predicted molar refractivity (Wildman–Crippen MR) is 138 cm³/mol. The van der Waals surface area contributed by atoms with Crippen molar-refractivity contribution in [3.8, 4) is 5.75 Å². The van der Waals surface area contributed by atoms with Gasteiger partial charge in [-0.25, -0.2) is 9.18 Å². The van der Waals surface area contributed by atoms with E-state index in [1.807, 2.05) is 42.5 Å². The van der Waals surface area contributed by atoms with E-state index < -0.39 is 11.5 Å². The number of nitrogens with zero attached hydrogens (tertiary/aromatic N) is 1. The summed E-state index contributed by atoms with van der Waals surface area (Å²) in [4.78, 5) is 13.6. The zero-order valence-corrected chi connectivity index (χ0v) is 21.0. The van der Waals surface area contributed by atoms with Crippen molar-refractivity contribution >= 4 is 17.7 Å². The number of esters is 1. The van der Waals surface area contributed by atoms with Crippen LogP contribution in [0.2, 0.25) is 0 Å². The molecule has 182 valence electrons. The van der Waals surface area contributed by atoms with Crippen LogP contribution in [0.5, 0.6) is 5.75 Å². The second-order valence-electron chi connectivity index (χ2n) is 9.34. The largest absolute Gasteiger partial charge is 0.497 e. The molecule has 1 heterocycles. The molecule has 0 aromatic heterocycles. The number of benzene rings is 3. The first-order chi connectivity index (χ1) is 16.8. The molecule has 35 heavy (non-hydrogen) atoms. The summed E-state index contributed by atoms with van der Waals surface area (Å²) in [7, 11) is 3.02. The van der Waals surface area contributed by atoms with E-state index in [0.717, 1.165) is 34.4 Å². The van der Waals surface area contributed by atoms with Crippen LogP contribution < -0.4 is 9.64 Å². The number of anilines is 1. The van der Waals surface area contributed by atoms with Gasteiger partial charge in [-0.05, 0) is 77.4 Å². The van der Waals surface area contributed by atoms with Crippen LogP contribution in [-0.4, -0.2) is 26.7 Å². The second kappa shape index (κ2) is 9.95. The summed E-state index contributed by atoms with van der Waals surface area (Å²) in [5.74, 6) is 0.458. The van der Waals surface area contributed by atoms with Gasteiger partial charge in [0.1, 0.15) is 11.6 Å². The van der Waals surface area contributed by atoms with Crippen molar-refractivity contribution in [3.05, 3.63) is 100 Å². The van der Waals surface area contributed by atoms with Gasteiger partial charge in [-0.3, -0.25) is 0 Å². The van der Waals surface area contributed by atoms with Crippen molar-refractivity contribution in [2.75, 3.05) is 25.7 Å². The van der Waals surface area contributed by atoms with Crippen LogP contribution in [0.3, 0.4) is 0 Å². The fourth-order valence-electron chi connectivity index (χ4n) is 4.90. The van der Waals surface area contributed by atoms with Gasteiger partial charge < -0.3 is 14.4 Å². The molecule has 4 nitrogen and oxygen atoms in total. The Morgan fingerprint density at radius 2 is 1.80 bits per heavy atom. The molecule has 3 aromatic carbocycles. The zero-order chi connectivity index (χ0) is 25.2. The van der Waals surface area contributed by atoms with Crippen LogP contribution in [0.25, 0.3) is 6.08 Å². The first kappa shape index (κ1) is 24.5. The van der Waals surface area contributed by atoms with Gasteiger partial charge in [0.25, 0.3) is 0 Å². The smallest absolute Gasteiger partial charge is 0.330 e. The number of ether oxygens (including phenoxy) is 2. The summed E-state index contributed by atoms with van der Waals surface area (Å²) >= 11 is 0. The van der Waals surface area contributed by atoms with Crippen molar-refractivity contribution in [1.82, 2.24) is 0 Å². The van der Waals surface area contributed by atoms with Crippen molar-refractivity contribution < 1.29 is 18.7 Å². The minimum absolute atomic E-state index is 0.211. The maximum Gasteiger partial charge on any atom is 0.330 e. The van der Waals surface area contributed by atoms with Gasteiger partial charge in [0, 0.05) is 12.6 Å². The molecule has 1 atom stereocenters. The molecule has 1 aliphatic rings. The number of halogens is 1. The molecular formula is C30H32FNO3.